The zero-order valence-corrected chi connectivity index (χ0v) is 11.7. The van der Waals surface area contributed by atoms with E-state index >= 15 is 0 Å². The van der Waals surface area contributed by atoms with E-state index < -0.39 is 0 Å². The lowest BCUT2D eigenvalue weighted by molar-refractivity contribution is 0.455. The largest absolute Gasteiger partial charge is 0.438 e. The summed E-state index contributed by atoms with van der Waals surface area (Å²) in [5.41, 5.74) is 3.34. The Labute approximate surface area is 114 Å². The summed E-state index contributed by atoms with van der Waals surface area (Å²) in [6.45, 7) is 7.95. The number of pyridine rings is 1. The van der Waals surface area contributed by atoms with Crippen LogP contribution in [0.2, 0.25) is 0 Å². The molecule has 3 nitrogen and oxygen atoms in total. The summed E-state index contributed by atoms with van der Waals surface area (Å²) in [5, 5.41) is 3.29. The van der Waals surface area contributed by atoms with Crippen LogP contribution in [0.4, 0.5) is 0 Å². The molecule has 2 rings (SSSR count). The summed E-state index contributed by atoms with van der Waals surface area (Å²) in [6.07, 6.45) is 1.86. The third-order valence-electron chi connectivity index (χ3n) is 2.97. The van der Waals surface area contributed by atoms with Crippen LogP contribution in [0.5, 0.6) is 11.6 Å². The SMILES string of the molecule is CCNCc1cnc(Oc2ccccc2C)c(C)c1. The van der Waals surface area contributed by atoms with Crippen molar-refractivity contribution in [3.63, 3.8) is 0 Å². The Balaban J connectivity index is 2.15. The van der Waals surface area contributed by atoms with Gasteiger partial charge in [0.25, 0.3) is 0 Å². The molecule has 2 aromatic rings. The van der Waals surface area contributed by atoms with Gasteiger partial charge in [0, 0.05) is 18.3 Å². The van der Waals surface area contributed by atoms with Crippen LogP contribution in [0.1, 0.15) is 23.6 Å². The molecular weight excluding hydrogens is 236 g/mol. The molecule has 19 heavy (non-hydrogen) atoms. The Kier molecular flexibility index (Phi) is 4.53. The molecule has 0 aliphatic heterocycles. The average Bonchev–Trinajstić information content (AvgIpc) is 2.41. The van der Waals surface area contributed by atoms with Gasteiger partial charge in [-0.05, 0) is 43.7 Å². The maximum absolute atomic E-state index is 5.87. The first-order valence-corrected chi connectivity index (χ1v) is 6.60. The minimum Gasteiger partial charge on any atom is -0.438 e. The second-order valence-electron chi connectivity index (χ2n) is 4.61. The molecule has 3 heteroatoms. The van der Waals surface area contributed by atoms with E-state index in [2.05, 4.69) is 23.3 Å². The van der Waals surface area contributed by atoms with Crippen molar-refractivity contribution in [2.45, 2.75) is 27.3 Å². The highest BCUT2D eigenvalue weighted by Gasteiger charge is 2.06. The molecule has 100 valence electrons. The number of aryl methyl sites for hydroxylation is 2. The van der Waals surface area contributed by atoms with Gasteiger partial charge in [0.05, 0.1) is 0 Å². The Morgan fingerprint density at radius 3 is 2.63 bits per heavy atom. The van der Waals surface area contributed by atoms with E-state index in [0.717, 1.165) is 30.0 Å². The highest BCUT2D eigenvalue weighted by atomic mass is 16.5. The summed E-state index contributed by atoms with van der Waals surface area (Å²) in [6, 6.07) is 10.1. The Hall–Kier alpha value is -1.87. The number of rotatable bonds is 5. The van der Waals surface area contributed by atoms with Crippen LogP contribution in [0.15, 0.2) is 36.5 Å². The summed E-state index contributed by atoms with van der Waals surface area (Å²) >= 11 is 0. The van der Waals surface area contributed by atoms with E-state index in [-0.39, 0.29) is 0 Å². The Morgan fingerprint density at radius 2 is 1.95 bits per heavy atom. The van der Waals surface area contributed by atoms with E-state index in [0.29, 0.717) is 5.88 Å². The minimum atomic E-state index is 0.676. The smallest absolute Gasteiger partial charge is 0.222 e. The lowest BCUT2D eigenvalue weighted by Gasteiger charge is -2.11. The van der Waals surface area contributed by atoms with Gasteiger partial charge in [-0.2, -0.15) is 0 Å². The first kappa shape index (κ1) is 13.6. The maximum atomic E-state index is 5.87. The van der Waals surface area contributed by atoms with Gasteiger partial charge in [-0.25, -0.2) is 4.98 Å². The second kappa shape index (κ2) is 6.34. The zero-order valence-electron chi connectivity index (χ0n) is 11.7. The highest BCUT2D eigenvalue weighted by Crippen LogP contribution is 2.25. The molecule has 0 aliphatic rings. The van der Waals surface area contributed by atoms with Gasteiger partial charge in [-0.1, -0.05) is 25.1 Å². The van der Waals surface area contributed by atoms with Crippen molar-refractivity contribution < 1.29 is 4.74 Å². The van der Waals surface area contributed by atoms with Crippen molar-refractivity contribution in [3.8, 4) is 11.6 Å². The number of nitrogens with zero attached hydrogens (tertiary/aromatic N) is 1. The maximum Gasteiger partial charge on any atom is 0.222 e. The Bertz CT molecular complexity index is 552. The number of nitrogens with one attached hydrogen (secondary N) is 1. The predicted molar refractivity (Wildman–Crippen MR) is 77.6 cm³/mol. The fourth-order valence-corrected chi connectivity index (χ4v) is 1.87. The molecule has 0 atom stereocenters. The summed E-state index contributed by atoms with van der Waals surface area (Å²) < 4.78 is 5.87. The van der Waals surface area contributed by atoms with Gasteiger partial charge >= 0.3 is 0 Å². The molecule has 0 saturated heterocycles. The molecule has 0 fully saturated rings. The van der Waals surface area contributed by atoms with Crippen molar-refractivity contribution in [2.24, 2.45) is 0 Å². The molecule has 0 saturated carbocycles. The van der Waals surface area contributed by atoms with Crippen LogP contribution in [0.3, 0.4) is 0 Å². The summed E-state index contributed by atoms with van der Waals surface area (Å²) in [4.78, 5) is 4.41. The van der Waals surface area contributed by atoms with E-state index in [9.17, 15) is 0 Å². The van der Waals surface area contributed by atoms with E-state index in [1.165, 1.54) is 5.56 Å². The van der Waals surface area contributed by atoms with Gasteiger partial charge in [0.15, 0.2) is 0 Å². The average molecular weight is 256 g/mol. The minimum absolute atomic E-state index is 0.676. The van der Waals surface area contributed by atoms with Crippen LogP contribution >= 0.6 is 0 Å². The van der Waals surface area contributed by atoms with Gasteiger partial charge in [-0.3, -0.25) is 0 Å². The number of benzene rings is 1. The van der Waals surface area contributed by atoms with Crippen LogP contribution in [-0.2, 0) is 6.54 Å². The molecule has 1 aromatic carbocycles. The molecule has 1 heterocycles. The van der Waals surface area contributed by atoms with Gasteiger partial charge in [-0.15, -0.1) is 0 Å². The predicted octanol–water partition coefficient (Wildman–Crippen LogP) is 3.60. The normalized spacial score (nSPS) is 10.5. The van der Waals surface area contributed by atoms with Gasteiger partial charge in [0.1, 0.15) is 5.75 Å². The molecule has 0 aliphatic carbocycles. The first-order chi connectivity index (χ1) is 9.20. The van der Waals surface area contributed by atoms with Crippen molar-refractivity contribution in [1.29, 1.82) is 0 Å². The van der Waals surface area contributed by atoms with Crippen molar-refractivity contribution in [3.05, 3.63) is 53.2 Å². The molecule has 1 aromatic heterocycles. The van der Waals surface area contributed by atoms with Crippen LogP contribution in [0.25, 0.3) is 0 Å². The number of hydrogen-bond acceptors (Lipinski definition) is 3. The van der Waals surface area contributed by atoms with Crippen molar-refractivity contribution in [1.82, 2.24) is 10.3 Å². The fourth-order valence-electron chi connectivity index (χ4n) is 1.87. The highest BCUT2D eigenvalue weighted by molar-refractivity contribution is 5.37. The molecule has 0 radical (unpaired) electrons. The number of para-hydroxylation sites is 1. The lowest BCUT2D eigenvalue weighted by Crippen LogP contribution is -2.12. The van der Waals surface area contributed by atoms with Crippen LogP contribution in [0, 0.1) is 13.8 Å². The Morgan fingerprint density at radius 1 is 1.16 bits per heavy atom. The van der Waals surface area contributed by atoms with Crippen molar-refractivity contribution >= 4 is 0 Å². The molecule has 1 N–H and O–H groups in total. The lowest BCUT2D eigenvalue weighted by atomic mass is 10.2. The molecular formula is C16H20N2O. The third kappa shape index (κ3) is 3.55. The number of aromatic nitrogens is 1. The monoisotopic (exact) mass is 256 g/mol. The third-order valence-corrected chi connectivity index (χ3v) is 2.97. The first-order valence-electron chi connectivity index (χ1n) is 6.60. The summed E-state index contributed by atoms with van der Waals surface area (Å²) in [5.74, 6) is 1.53. The van der Waals surface area contributed by atoms with Crippen LogP contribution in [-0.4, -0.2) is 11.5 Å². The fraction of sp³-hybridized carbons (Fsp3) is 0.312. The zero-order chi connectivity index (χ0) is 13.7. The van der Waals surface area contributed by atoms with Crippen LogP contribution < -0.4 is 10.1 Å². The second-order valence-corrected chi connectivity index (χ2v) is 4.61. The molecule has 0 unspecified atom stereocenters. The van der Waals surface area contributed by atoms with Gasteiger partial charge in [0.2, 0.25) is 5.88 Å². The number of hydrogen-bond donors (Lipinski definition) is 1. The van der Waals surface area contributed by atoms with Crippen molar-refractivity contribution in [2.75, 3.05) is 6.54 Å². The molecule has 0 amide bonds. The topological polar surface area (TPSA) is 34.2 Å². The molecule has 0 bridgehead atoms. The quantitative estimate of drug-likeness (QED) is 0.887. The van der Waals surface area contributed by atoms with E-state index in [4.69, 9.17) is 4.74 Å². The van der Waals surface area contributed by atoms with E-state index in [1.54, 1.807) is 0 Å². The molecule has 0 spiro atoms. The summed E-state index contributed by atoms with van der Waals surface area (Å²) in [7, 11) is 0. The van der Waals surface area contributed by atoms with E-state index in [1.807, 2.05) is 44.3 Å². The standard InChI is InChI=1S/C16H20N2O/c1-4-17-10-14-9-13(3)16(18-11-14)19-15-8-6-5-7-12(15)2/h5-9,11,17H,4,10H2,1-3H3. The van der Waals surface area contributed by atoms with Gasteiger partial charge < -0.3 is 10.1 Å². The number of ether oxygens (including phenoxy) is 1.